The van der Waals surface area contributed by atoms with Crippen LogP contribution in [-0.2, 0) is 4.79 Å². The predicted octanol–water partition coefficient (Wildman–Crippen LogP) is 0.986. The smallest absolute Gasteiger partial charge is 0.298 e. The molecule has 0 saturated heterocycles. The van der Waals surface area contributed by atoms with Gasteiger partial charge >= 0.3 is 0 Å². The van der Waals surface area contributed by atoms with E-state index in [1.807, 2.05) is 6.92 Å². The molecular formula is C12H20N2O. The van der Waals surface area contributed by atoms with Gasteiger partial charge < -0.3 is 10.6 Å². The average molecular weight is 208 g/mol. The molecule has 3 nitrogen and oxygen atoms in total. The van der Waals surface area contributed by atoms with Gasteiger partial charge in [-0.05, 0) is 38.1 Å². The average Bonchev–Trinajstić information content (AvgIpc) is 2.30. The van der Waals surface area contributed by atoms with Gasteiger partial charge in [-0.25, -0.2) is 0 Å². The molecule has 2 atom stereocenters. The van der Waals surface area contributed by atoms with Gasteiger partial charge in [-0.2, -0.15) is 0 Å². The summed E-state index contributed by atoms with van der Waals surface area (Å²) in [5.41, 5.74) is 5.74. The van der Waals surface area contributed by atoms with Gasteiger partial charge in [-0.1, -0.05) is 12.8 Å². The topological polar surface area (TPSA) is 46.3 Å². The Morgan fingerprint density at radius 2 is 2.20 bits per heavy atom. The lowest BCUT2D eigenvalue weighted by atomic mass is 9.83. The summed E-state index contributed by atoms with van der Waals surface area (Å²) in [5.74, 6) is 2.44. The Hall–Kier alpha value is -1.01. The molecule has 0 aliphatic heterocycles. The zero-order chi connectivity index (χ0) is 11.3. The second-order valence-electron chi connectivity index (χ2n) is 4.08. The lowest BCUT2D eigenvalue weighted by molar-refractivity contribution is -0.128. The third-order valence-corrected chi connectivity index (χ3v) is 3.30. The van der Waals surface area contributed by atoms with Gasteiger partial charge in [0.05, 0.1) is 0 Å². The maximum absolute atomic E-state index is 11.6. The summed E-state index contributed by atoms with van der Waals surface area (Å²) in [5, 5.41) is 0. The first-order valence-electron chi connectivity index (χ1n) is 5.71. The zero-order valence-electron chi connectivity index (χ0n) is 9.41. The molecule has 0 radical (unpaired) electrons. The molecule has 0 aromatic heterocycles. The Bertz CT molecular complexity index is 257. The van der Waals surface area contributed by atoms with E-state index in [4.69, 9.17) is 12.2 Å². The highest BCUT2D eigenvalue weighted by atomic mass is 16.2. The highest BCUT2D eigenvalue weighted by molar-refractivity contribution is 5.93. The molecule has 3 heteroatoms. The second-order valence-corrected chi connectivity index (χ2v) is 4.08. The minimum absolute atomic E-state index is 0.192. The van der Waals surface area contributed by atoms with Crippen molar-refractivity contribution in [3.05, 3.63) is 0 Å². The van der Waals surface area contributed by atoms with Crippen LogP contribution in [0.15, 0.2) is 0 Å². The van der Waals surface area contributed by atoms with Crippen molar-refractivity contribution in [1.82, 2.24) is 4.90 Å². The molecule has 15 heavy (non-hydrogen) atoms. The molecule has 2 N–H and O–H groups in total. The van der Waals surface area contributed by atoms with Crippen molar-refractivity contribution < 1.29 is 4.79 Å². The van der Waals surface area contributed by atoms with Crippen LogP contribution in [0.4, 0.5) is 0 Å². The zero-order valence-corrected chi connectivity index (χ0v) is 9.41. The predicted molar refractivity (Wildman–Crippen MR) is 61.0 cm³/mol. The SMILES string of the molecule is C#CC(=O)N(CC)C1CCCCC1CN. The van der Waals surface area contributed by atoms with Crippen molar-refractivity contribution in [1.29, 1.82) is 0 Å². The van der Waals surface area contributed by atoms with E-state index in [1.165, 1.54) is 12.8 Å². The van der Waals surface area contributed by atoms with E-state index in [9.17, 15) is 4.79 Å². The lowest BCUT2D eigenvalue weighted by Gasteiger charge is -2.38. The first-order valence-corrected chi connectivity index (χ1v) is 5.71. The Morgan fingerprint density at radius 1 is 1.53 bits per heavy atom. The number of terminal acetylenes is 1. The van der Waals surface area contributed by atoms with Crippen LogP contribution in [0.2, 0.25) is 0 Å². The Kier molecular flexibility index (Phi) is 4.64. The third-order valence-electron chi connectivity index (χ3n) is 3.30. The van der Waals surface area contributed by atoms with Gasteiger partial charge in [0.25, 0.3) is 5.91 Å². The molecular weight excluding hydrogens is 188 g/mol. The van der Waals surface area contributed by atoms with Gasteiger partial charge in [-0.15, -0.1) is 6.42 Å². The number of carbonyl (C=O) groups is 1. The third kappa shape index (κ3) is 2.73. The van der Waals surface area contributed by atoms with Crippen LogP contribution in [0, 0.1) is 18.3 Å². The summed E-state index contributed by atoms with van der Waals surface area (Å²) < 4.78 is 0. The maximum atomic E-state index is 11.6. The molecule has 84 valence electrons. The first kappa shape index (κ1) is 12.1. The van der Waals surface area contributed by atoms with Crippen molar-refractivity contribution in [2.75, 3.05) is 13.1 Å². The van der Waals surface area contributed by atoms with E-state index in [1.54, 1.807) is 4.90 Å². The molecule has 0 aromatic rings. The molecule has 2 unspecified atom stereocenters. The van der Waals surface area contributed by atoms with Gasteiger partial charge in [0.1, 0.15) is 0 Å². The van der Waals surface area contributed by atoms with Crippen LogP contribution in [-0.4, -0.2) is 29.9 Å². The number of amides is 1. The molecule has 1 aliphatic carbocycles. The number of hydrogen-bond donors (Lipinski definition) is 1. The largest absolute Gasteiger partial charge is 0.330 e. The fourth-order valence-corrected chi connectivity index (χ4v) is 2.48. The van der Waals surface area contributed by atoms with Crippen LogP contribution in [0.25, 0.3) is 0 Å². The monoisotopic (exact) mass is 208 g/mol. The van der Waals surface area contributed by atoms with E-state index in [0.29, 0.717) is 19.0 Å². The van der Waals surface area contributed by atoms with Crippen LogP contribution >= 0.6 is 0 Å². The van der Waals surface area contributed by atoms with Crippen LogP contribution in [0.3, 0.4) is 0 Å². The molecule has 0 aromatic carbocycles. The lowest BCUT2D eigenvalue weighted by Crippen LogP contribution is -2.47. The van der Waals surface area contributed by atoms with Gasteiger partial charge in [-0.3, -0.25) is 4.79 Å². The van der Waals surface area contributed by atoms with Crippen LogP contribution in [0.5, 0.6) is 0 Å². The van der Waals surface area contributed by atoms with Gasteiger partial charge in [0.15, 0.2) is 0 Å². The van der Waals surface area contributed by atoms with Gasteiger partial charge in [0.2, 0.25) is 0 Å². The molecule has 1 amide bonds. The first-order chi connectivity index (χ1) is 7.24. The number of hydrogen-bond acceptors (Lipinski definition) is 2. The fourth-order valence-electron chi connectivity index (χ4n) is 2.48. The second kappa shape index (κ2) is 5.77. The Balaban J connectivity index is 2.72. The summed E-state index contributed by atoms with van der Waals surface area (Å²) in [6.45, 7) is 3.31. The summed E-state index contributed by atoms with van der Waals surface area (Å²) in [6, 6.07) is 0.261. The summed E-state index contributed by atoms with van der Waals surface area (Å²) in [6.07, 6.45) is 9.73. The number of carbonyl (C=O) groups excluding carboxylic acids is 1. The molecule has 1 aliphatic rings. The van der Waals surface area contributed by atoms with E-state index < -0.39 is 0 Å². The summed E-state index contributed by atoms with van der Waals surface area (Å²) in [4.78, 5) is 13.4. The van der Waals surface area contributed by atoms with E-state index in [2.05, 4.69) is 5.92 Å². The number of nitrogens with two attached hydrogens (primary N) is 1. The van der Waals surface area contributed by atoms with E-state index in [0.717, 1.165) is 12.8 Å². The van der Waals surface area contributed by atoms with Crippen molar-refractivity contribution in [2.45, 2.75) is 38.6 Å². The van der Waals surface area contributed by atoms with Crippen LogP contribution < -0.4 is 5.73 Å². The van der Waals surface area contributed by atoms with Crippen molar-refractivity contribution in [3.63, 3.8) is 0 Å². The highest BCUT2D eigenvalue weighted by Gasteiger charge is 2.30. The number of nitrogens with zero attached hydrogens (tertiary/aromatic N) is 1. The Morgan fingerprint density at radius 3 is 2.73 bits per heavy atom. The van der Waals surface area contributed by atoms with E-state index >= 15 is 0 Å². The van der Waals surface area contributed by atoms with E-state index in [-0.39, 0.29) is 11.9 Å². The van der Waals surface area contributed by atoms with Crippen molar-refractivity contribution in [3.8, 4) is 12.3 Å². The normalized spacial score (nSPS) is 25.7. The molecule has 1 rings (SSSR count). The maximum Gasteiger partial charge on any atom is 0.298 e. The standard InChI is InChI=1S/C12H20N2O/c1-3-12(15)14(4-2)11-8-6-5-7-10(11)9-13/h1,10-11H,4-9,13H2,2H3. The Labute approximate surface area is 92.0 Å². The molecule has 0 bridgehead atoms. The minimum Gasteiger partial charge on any atom is -0.330 e. The van der Waals surface area contributed by atoms with Crippen molar-refractivity contribution >= 4 is 5.91 Å². The van der Waals surface area contributed by atoms with Crippen LogP contribution in [0.1, 0.15) is 32.6 Å². The minimum atomic E-state index is -0.192. The van der Waals surface area contributed by atoms with Crippen molar-refractivity contribution in [2.24, 2.45) is 11.7 Å². The fraction of sp³-hybridized carbons (Fsp3) is 0.750. The quantitative estimate of drug-likeness (QED) is 0.703. The van der Waals surface area contributed by atoms with Gasteiger partial charge in [0, 0.05) is 12.6 Å². The molecule has 0 spiro atoms. The number of rotatable bonds is 3. The molecule has 1 saturated carbocycles. The summed E-state index contributed by atoms with van der Waals surface area (Å²) >= 11 is 0. The molecule has 0 heterocycles. The molecule has 1 fully saturated rings. The summed E-state index contributed by atoms with van der Waals surface area (Å²) in [7, 11) is 0. The highest BCUT2D eigenvalue weighted by Crippen LogP contribution is 2.27.